The van der Waals surface area contributed by atoms with Gasteiger partial charge in [0.15, 0.2) is 0 Å². The van der Waals surface area contributed by atoms with Crippen LogP contribution < -0.4 is 15.8 Å². The number of carbonyl (C=O) groups excluding carboxylic acids is 1. The summed E-state index contributed by atoms with van der Waals surface area (Å²) in [4.78, 5) is 11.8. The molecule has 0 bridgehead atoms. The molecule has 0 spiro atoms. The third kappa shape index (κ3) is 3.89. The molecule has 1 aromatic rings. The van der Waals surface area contributed by atoms with E-state index in [2.05, 4.69) is 19.2 Å². The summed E-state index contributed by atoms with van der Waals surface area (Å²) in [6.07, 6.45) is 2.83. The van der Waals surface area contributed by atoms with Crippen LogP contribution in [0, 0.1) is 11.3 Å². The molecule has 0 atom stereocenters. The monoisotopic (exact) mass is 276 g/mol. The van der Waals surface area contributed by atoms with E-state index < -0.39 is 0 Å². The van der Waals surface area contributed by atoms with Crippen LogP contribution in [0.4, 0.5) is 5.69 Å². The molecule has 0 aromatic heterocycles. The maximum absolute atomic E-state index is 11.8. The van der Waals surface area contributed by atoms with Gasteiger partial charge in [-0.3, -0.25) is 4.79 Å². The Balaban J connectivity index is 1.66. The first-order valence-corrected chi connectivity index (χ1v) is 7.27. The van der Waals surface area contributed by atoms with Crippen LogP contribution in [0.3, 0.4) is 0 Å². The van der Waals surface area contributed by atoms with E-state index in [4.69, 9.17) is 10.5 Å². The Hall–Kier alpha value is -1.71. The molecule has 110 valence electrons. The van der Waals surface area contributed by atoms with E-state index in [1.165, 1.54) is 12.8 Å². The molecule has 0 unspecified atom stereocenters. The molecule has 4 nitrogen and oxygen atoms in total. The third-order valence-electron chi connectivity index (χ3n) is 4.21. The largest absolute Gasteiger partial charge is 0.493 e. The molecular formula is C16H24N2O2. The maximum Gasteiger partial charge on any atom is 0.223 e. The van der Waals surface area contributed by atoms with Crippen molar-refractivity contribution in [2.45, 2.75) is 33.1 Å². The summed E-state index contributed by atoms with van der Waals surface area (Å²) >= 11 is 0. The number of nitrogen functional groups attached to an aromatic ring is 1. The van der Waals surface area contributed by atoms with Gasteiger partial charge in [0, 0.05) is 18.3 Å². The summed E-state index contributed by atoms with van der Waals surface area (Å²) < 4.78 is 5.51. The van der Waals surface area contributed by atoms with Crippen molar-refractivity contribution in [2.24, 2.45) is 11.3 Å². The number of rotatable bonds is 7. The number of hydrogen-bond acceptors (Lipinski definition) is 3. The molecule has 0 aliphatic heterocycles. The molecule has 1 aromatic carbocycles. The zero-order valence-corrected chi connectivity index (χ0v) is 12.3. The summed E-state index contributed by atoms with van der Waals surface area (Å²) in [6, 6.07) is 7.24. The van der Waals surface area contributed by atoms with E-state index in [-0.39, 0.29) is 5.91 Å². The second-order valence-electron chi connectivity index (χ2n) is 5.96. The number of carbonyl (C=O) groups is 1. The van der Waals surface area contributed by atoms with Crippen LogP contribution in [0.15, 0.2) is 24.3 Å². The first-order chi connectivity index (χ1) is 9.52. The lowest BCUT2D eigenvalue weighted by atomic mass is 9.92. The minimum absolute atomic E-state index is 0.0563. The van der Waals surface area contributed by atoms with E-state index in [1.54, 1.807) is 12.1 Å². The Kier molecular flexibility index (Phi) is 4.53. The average Bonchev–Trinajstić information content (AvgIpc) is 3.18. The Morgan fingerprint density at radius 1 is 1.45 bits per heavy atom. The quantitative estimate of drug-likeness (QED) is 0.752. The molecule has 1 amide bonds. The van der Waals surface area contributed by atoms with Gasteiger partial charge < -0.3 is 15.8 Å². The highest BCUT2D eigenvalue weighted by Gasteiger charge is 2.45. The van der Waals surface area contributed by atoms with E-state index in [0.717, 1.165) is 6.54 Å². The topological polar surface area (TPSA) is 64.3 Å². The van der Waals surface area contributed by atoms with Gasteiger partial charge >= 0.3 is 0 Å². The Morgan fingerprint density at radius 2 is 2.20 bits per heavy atom. The molecule has 0 radical (unpaired) electrons. The van der Waals surface area contributed by atoms with Gasteiger partial charge in [-0.25, -0.2) is 0 Å². The highest BCUT2D eigenvalue weighted by atomic mass is 16.5. The van der Waals surface area contributed by atoms with Crippen molar-refractivity contribution in [1.29, 1.82) is 0 Å². The molecule has 1 saturated carbocycles. The predicted octanol–water partition coefficient (Wildman–Crippen LogP) is 2.59. The van der Waals surface area contributed by atoms with E-state index in [1.807, 2.05) is 12.1 Å². The first-order valence-electron chi connectivity index (χ1n) is 7.27. The number of amides is 1. The molecule has 3 N–H and O–H groups in total. The fourth-order valence-corrected chi connectivity index (χ4v) is 2.35. The summed E-state index contributed by atoms with van der Waals surface area (Å²) in [7, 11) is 0. The zero-order chi connectivity index (χ0) is 14.6. The maximum atomic E-state index is 11.8. The Labute approximate surface area is 120 Å². The Bertz CT molecular complexity index is 467. The lowest BCUT2D eigenvalue weighted by Crippen LogP contribution is -2.33. The number of nitrogens with one attached hydrogen (secondary N) is 1. The molecule has 0 heterocycles. The number of anilines is 1. The van der Waals surface area contributed by atoms with Gasteiger partial charge in [-0.2, -0.15) is 0 Å². The van der Waals surface area contributed by atoms with Gasteiger partial charge in [-0.1, -0.05) is 19.9 Å². The summed E-state index contributed by atoms with van der Waals surface area (Å²) in [5.74, 6) is 1.39. The fraction of sp³-hybridized carbons (Fsp3) is 0.562. The van der Waals surface area contributed by atoms with Gasteiger partial charge in [-0.15, -0.1) is 0 Å². The van der Waals surface area contributed by atoms with Crippen molar-refractivity contribution >= 4 is 11.6 Å². The summed E-state index contributed by atoms with van der Waals surface area (Å²) in [5, 5.41) is 3.02. The van der Waals surface area contributed by atoms with Crippen molar-refractivity contribution < 1.29 is 9.53 Å². The second-order valence-corrected chi connectivity index (χ2v) is 5.96. The van der Waals surface area contributed by atoms with Crippen molar-refractivity contribution in [1.82, 2.24) is 5.32 Å². The highest BCUT2D eigenvalue weighted by Crippen LogP contribution is 2.51. The molecular weight excluding hydrogens is 252 g/mol. The number of hydrogen-bond donors (Lipinski definition) is 2. The summed E-state index contributed by atoms with van der Waals surface area (Å²) in [6.45, 7) is 5.62. The molecule has 4 heteroatoms. The van der Waals surface area contributed by atoms with E-state index >= 15 is 0 Å². The molecule has 20 heavy (non-hydrogen) atoms. The average molecular weight is 276 g/mol. The van der Waals surface area contributed by atoms with Crippen LogP contribution in [0.2, 0.25) is 0 Å². The van der Waals surface area contributed by atoms with Gasteiger partial charge in [0.25, 0.3) is 0 Å². The van der Waals surface area contributed by atoms with Crippen LogP contribution in [0.25, 0.3) is 0 Å². The smallest absolute Gasteiger partial charge is 0.223 e. The normalized spacial score (nSPS) is 15.9. The highest BCUT2D eigenvalue weighted by molar-refractivity contribution is 5.76. The van der Waals surface area contributed by atoms with Gasteiger partial charge in [0.2, 0.25) is 5.91 Å². The van der Waals surface area contributed by atoms with Crippen molar-refractivity contribution in [3.63, 3.8) is 0 Å². The van der Waals surface area contributed by atoms with E-state index in [0.29, 0.717) is 35.8 Å². The third-order valence-corrected chi connectivity index (χ3v) is 4.21. The molecule has 1 aliphatic carbocycles. The Morgan fingerprint density at radius 3 is 2.80 bits per heavy atom. The van der Waals surface area contributed by atoms with Crippen LogP contribution >= 0.6 is 0 Å². The molecule has 2 rings (SSSR count). The molecule has 1 fully saturated rings. The molecule has 1 aliphatic rings. The number of benzene rings is 1. The van der Waals surface area contributed by atoms with Crippen LogP contribution in [-0.2, 0) is 4.79 Å². The predicted molar refractivity (Wildman–Crippen MR) is 80.5 cm³/mol. The van der Waals surface area contributed by atoms with Gasteiger partial charge in [-0.05, 0) is 36.3 Å². The van der Waals surface area contributed by atoms with Crippen molar-refractivity contribution in [3.8, 4) is 5.75 Å². The minimum atomic E-state index is 0.0563. The van der Waals surface area contributed by atoms with Crippen molar-refractivity contribution in [2.75, 3.05) is 18.9 Å². The van der Waals surface area contributed by atoms with Gasteiger partial charge in [0.05, 0.1) is 13.0 Å². The zero-order valence-electron chi connectivity index (χ0n) is 12.3. The van der Waals surface area contributed by atoms with Crippen LogP contribution in [-0.4, -0.2) is 19.1 Å². The van der Waals surface area contributed by atoms with Crippen LogP contribution in [0.5, 0.6) is 5.75 Å². The van der Waals surface area contributed by atoms with Gasteiger partial charge in [0.1, 0.15) is 5.75 Å². The second kappa shape index (κ2) is 6.16. The minimum Gasteiger partial charge on any atom is -0.493 e. The SMILES string of the molecule is CC(C)C1(CNC(=O)CCOc2cccc(N)c2)CC1. The van der Waals surface area contributed by atoms with E-state index in [9.17, 15) is 4.79 Å². The standard InChI is InChI=1S/C16H24N2O2/c1-12(2)16(7-8-16)11-18-15(19)6-9-20-14-5-3-4-13(17)10-14/h3-5,10,12H,6-9,11,17H2,1-2H3,(H,18,19). The first kappa shape index (κ1) is 14.7. The fourth-order valence-electron chi connectivity index (χ4n) is 2.35. The summed E-state index contributed by atoms with van der Waals surface area (Å²) in [5.41, 5.74) is 6.68. The van der Waals surface area contributed by atoms with Crippen molar-refractivity contribution in [3.05, 3.63) is 24.3 Å². The number of nitrogens with two attached hydrogens (primary N) is 1. The lowest BCUT2D eigenvalue weighted by Gasteiger charge is -2.20. The lowest BCUT2D eigenvalue weighted by molar-refractivity contribution is -0.121. The van der Waals surface area contributed by atoms with Crippen LogP contribution in [0.1, 0.15) is 33.1 Å². The number of ether oxygens (including phenoxy) is 1. The molecule has 0 saturated heterocycles.